The first-order valence-corrected chi connectivity index (χ1v) is 8.25. The van der Waals surface area contributed by atoms with E-state index in [9.17, 15) is 14.7 Å². The Labute approximate surface area is 149 Å². The maximum Gasteiger partial charge on any atom is 0.182 e. The Hall–Kier alpha value is -3.40. The second-order valence-electron chi connectivity index (χ2n) is 6.42. The lowest BCUT2D eigenvalue weighted by Gasteiger charge is -2.17. The van der Waals surface area contributed by atoms with Crippen LogP contribution >= 0.6 is 0 Å². The molecule has 0 saturated carbocycles. The summed E-state index contributed by atoms with van der Waals surface area (Å²) < 4.78 is 5.85. The highest BCUT2D eigenvalue weighted by atomic mass is 16.3. The number of phenolic OH excluding ortho intramolecular Hbond substituents is 1. The molecule has 0 fully saturated rings. The van der Waals surface area contributed by atoms with Crippen molar-refractivity contribution in [3.8, 4) is 28.2 Å². The van der Waals surface area contributed by atoms with Crippen molar-refractivity contribution in [2.24, 2.45) is 0 Å². The van der Waals surface area contributed by atoms with Crippen LogP contribution in [-0.2, 0) is 0 Å². The molecule has 1 aliphatic carbocycles. The summed E-state index contributed by atoms with van der Waals surface area (Å²) in [5.74, 6) is 0.450. The molecule has 0 amide bonds. The number of phenols is 1. The highest BCUT2D eigenvalue weighted by Crippen LogP contribution is 2.42. The molecule has 4 nitrogen and oxygen atoms in total. The molecule has 0 atom stereocenters. The SMILES string of the molecule is CC(=O)c1cc(C)ccc1-c1c2ccc(=O)cc-2oc2cc(O)ccc12. The average molecular weight is 344 g/mol. The predicted octanol–water partition coefficient (Wildman–Crippen LogP) is 4.78. The summed E-state index contributed by atoms with van der Waals surface area (Å²) in [6.07, 6.45) is 0. The molecule has 0 spiro atoms. The van der Waals surface area contributed by atoms with E-state index in [0.29, 0.717) is 16.9 Å². The van der Waals surface area contributed by atoms with Crippen molar-refractivity contribution in [3.63, 3.8) is 0 Å². The maximum absolute atomic E-state index is 12.3. The van der Waals surface area contributed by atoms with Crippen LogP contribution in [0, 0.1) is 6.92 Å². The summed E-state index contributed by atoms with van der Waals surface area (Å²) in [5.41, 5.74) is 4.22. The molecule has 26 heavy (non-hydrogen) atoms. The van der Waals surface area contributed by atoms with Gasteiger partial charge in [0.05, 0.1) is 0 Å². The molecule has 4 rings (SSSR count). The number of hydrogen-bond donors (Lipinski definition) is 1. The molecule has 1 heterocycles. The Balaban J connectivity index is 2.21. The number of carbonyl (C=O) groups is 1. The van der Waals surface area contributed by atoms with Crippen LogP contribution < -0.4 is 5.43 Å². The third-order valence-electron chi connectivity index (χ3n) is 4.50. The van der Waals surface area contributed by atoms with Crippen LogP contribution in [0.2, 0.25) is 0 Å². The van der Waals surface area contributed by atoms with Crippen LogP contribution in [0.4, 0.5) is 0 Å². The van der Waals surface area contributed by atoms with E-state index in [1.807, 2.05) is 25.1 Å². The third-order valence-corrected chi connectivity index (χ3v) is 4.50. The van der Waals surface area contributed by atoms with Crippen molar-refractivity contribution >= 4 is 16.8 Å². The first-order chi connectivity index (χ1) is 12.4. The van der Waals surface area contributed by atoms with Crippen molar-refractivity contribution in [2.45, 2.75) is 13.8 Å². The number of fused-ring (bicyclic) bond motifs is 2. The van der Waals surface area contributed by atoms with E-state index >= 15 is 0 Å². The Kier molecular flexibility index (Phi) is 3.62. The van der Waals surface area contributed by atoms with Crippen LogP contribution in [0.15, 0.2) is 63.8 Å². The first-order valence-electron chi connectivity index (χ1n) is 8.25. The van der Waals surface area contributed by atoms with Crippen molar-refractivity contribution in [1.29, 1.82) is 0 Å². The summed E-state index contributed by atoms with van der Waals surface area (Å²) in [5, 5.41) is 10.6. The van der Waals surface area contributed by atoms with Gasteiger partial charge in [0.2, 0.25) is 0 Å². The summed E-state index contributed by atoms with van der Waals surface area (Å²) in [6.45, 7) is 3.48. The smallest absolute Gasteiger partial charge is 0.182 e. The Morgan fingerprint density at radius 2 is 1.73 bits per heavy atom. The molecule has 1 aliphatic heterocycles. The maximum atomic E-state index is 12.3. The summed E-state index contributed by atoms with van der Waals surface area (Å²) in [6, 6.07) is 15.2. The van der Waals surface area contributed by atoms with Gasteiger partial charge in [-0.2, -0.15) is 0 Å². The summed E-state index contributed by atoms with van der Waals surface area (Å²) in [4.78, 5) is 24.0. The zero-order valence-electron chi connectivity index (χ0n) is 14.4. The number of aromatic hydroxyl groups is 1. The number of hydrogen-bond acceptors (Lipinski definition) is 4. The number of rotatable bonds is 2. The third kappa shape index (κ3) is 2.56. The van der Waals surface area contributed by atoms with E-state index in [1.54, 1.807) is 18.2 Å². The van der Waals surface area contributed by atoms with E-state index in [2.05, 4.69) is 0 Å². The molecule has 0 saturated heterocycles. The van der Waals surface area contributed by atoms with Gasteiger partial charge in [-0.1, -0.05) is 17.7 Å². The number of benzene rings is 3. The molecule has 0 unspecified atom stereocenters. The van der Waals surface area contributed by atoms with Gasteiger partial charge >= 0.3 is 0 Å². The van der Waals surface area contributed by atoms with Gasteiger partial charge in [-0.05, 0) is 49.7 Å². The second-order valence-corrected chi connectivity index (χ2v) is 6.42. The molecule has 2 aliphatic rings. The highest BCUT2D eigenvalue weighted by molar-refractivity contribution is 6.09. The van der Waals surface area contributed by atoms with E-state index in [1.165, 1.54) is 25.1 Å². The molecule has 1 N–H and O–H groups in total. The number of ketones is 1. The molecule has 0 aromatic heterocycles. The molecule has 0 bridgehead atoms. The lowest BCUT2D eigenvalue weighted by atomic mass is 9.89. The summed E-state index contributed by atoms with van der Waals surface area (Å²) in [7, 11) is 0. The van der Waals surface area contributed by atoms with Gasteiger partial charge in [-0.25, -0.2) is 0 Å². The zero-order valence-corrected chi connectivity index (χ0v) is 14.4. The molecule has 2 aromatic carbocycles. The van der Waals surface area contributed by atoms with Gasteiger partial charge in [-0.15, -0.1) is 0 Å². The zero-order chi connectivity index (χ0) is 18.4. The van der Waals surface area contributed by atoms with Gasteiger partial charge in [0.25, 0.3) is 0 Å². The van der Waals surface area contributed by atoms with Crippen molar-refractivity contribution in [1.82, 2.24) is 0 Å². The lowest BCUT2D eigenvalue weighted by molar-refractivity contribution is 0.101. The second kappa shape index (κ2) is 5.85. The Morgan fingerprint density at radius 3 is 2.50 bits per heavy atom. The van der Waals surface area contributed by atoms with E-state index in [-0.39, 0.29) is 17.0 Å². The van der Waals surface area contributed by atoms with Crippen LogP contribution in [-0.4, -0.2) is 10.9 Å². The highest BCUT2D eigenvalue weighted by Gasteiger charge is 2.20. The molecule has 0 radical (unpaired) electrons. The minimum atomic E-state index is -0.164. The Bertz CT molecular complexity index is 1200. The number of aryl methyl sites for hydroxylation is 1. The largest absolute Gasteiger partial charge is 0.508 e. The van der Waals surface area contributed by atoms with Gasteiger partial charge in [-0.3, -0.25) is 9.59 Å². The van der Waals surface area contributed by atoms with Gasteiger partial charge in [0.1, 0.15) is 17.1 Å². The quantitative estimate of drug-likeness (QED) is 0.420. The van der Waals surface area contributed by atoms with Crippen LogP contribution in [0.1, 0.15) is 22.8 Å². The molecular formula is C22H16O4. The molecule has 2 aromatic rings. The van der Waals surface area contributed by atoms with Crippen molar-refractivity contribution < 1.29 is 14.3 Å². The normalized spacial score (nSPS) is 11.2. The predicted molar refractivity (Wildman–Crippen MR) is 101 cm³/mol. The fraction of sp³-hybridized carbons (Fsp3) is 0.0909. The summed E-state index contributed by atoms with van der Waals surface area (Å²) >= 11 is 0. The van der Waals surface area contributed by atoms with E-state index in [0.717, 1.165) is 27.6 Å². The van der Waals surface area contributed by atoms with E-state index in [4.69, 9.17) is 4.42 Å². The molecular weight excluding hydrogens is 328 g/mol. The minimum Gasteiger partial charge on any atom is -0.508 e. The van der Waals surface area contributed by atoms with Gasteiger partial charge in [0, 0.05) is 34.2 Å². The standard InChI is InChI=1S/C22H16O4/c1-12-3-6-16(19(9-12)13(2)23)22-17-7-4-14(24)10-20(17)26-21-11-15(25)5-8-18(21)22/h3-11,24H,1-2H3. The van der Waals surface area contributed by atoms with Crippen molar-refractivity contribution in [2.75, 3.05) is 0 Å². The van der Waals surface area contributed by atoms with Crippen molar-refractivity contribution in [3.05, 3.63) is 75.9 Å². The minimum absolute atomic E-state index is 0.0370. The van der Waals surface area contributed by atoms with Crippen LogP contribution in [0.5, 0.6) is 5.75 Å². The fourth-order valence-electron chi connectivity index (χ4n) is 3.32. The number of carbonyl (C=O) groups excluding carboxylic acids is 1. The molecule has 4 heteroatoms. The van der Waals surface area contributed by atoms with Crippen LogP contribution in [0.3, 0.4) is 0 Å². The average Bonchev–Trinajstić information content (AvgIpc) is 2.59. The van der Waals surface area contributed by atoms with Gasteiger partial charge < -0.3 is 9.52 Å². The van der Waals surface area contributed by atoms with Crippen LogP contribution in [0.25, 0.3) is 33.4 Å². The van der Waals surface area contributed by atoms with Gasteiger partial charge in [0.15, 0.2) is 11.2 Å². The van der Waals surface area contributed by atoms with E-state index < -0.39 is 0 Å². The Morgan fingerprint density at radius 1 is 0.962 bits per heavy atom. The topological polar surface area (TPSA) is 67.5 Å². The monoisotopic (exact) mass is 344 g/mol. The molecule has 128 valence electrons. The first kappa shape index (κ1) is 16.1. The number of Topliss-reactive ketones (excluding diaryl/α,β-unsaturated/α-hetero) is 1. The lowest BCUT2D eigenvalue weighted by Crippen LogP contribution is -2.02. The fourth-order valence-corrected chi connectivity index (χ4v) is 3.32.